The number of Topliss-reactive ketones (excluding diaryl/α,β-unsaturated/α-hetero) is 1. The number of hydrogen-bond donors (Lipinski definition) is 2. The molecule has 1 fully saturated rings. The molecule has 2 atom stereocenters. The SMILES string of the molecule is CN(C)CCCNC(=O)C1CC(C(=O)c2ccc(Cl)cc2Cl)CN1. The minimum absolute atomic E-state index is 0.0490. The van der Waals surface area contributed by atoms with Crippen molar-refractivity contribution >= 4 is 34.9 Å². The Labute approximate surface area is 152 Å². The molecule has 24 heavy (non-hydrogen) atoms. The third kappa shape index (κ3) is 5.18. The molecule has 1 amide bonds. The minimum atomic E-state index is -0.329. The summed E-state index contributed by atoms with van der Waals surface area (Å²) in [5.74, 6) is -0.348. The van der Waals surface area contributed by atoms with Gasteiger partial charge in [-0.15, -0.1) is 0 Å². The summed E-state index contributed by atoms with van der Waals surface area (Å²) in [5.41, 5.74) is 0.458. The second-order valence-corrected chi connectivity index (χ2v) is 7.17. The summed E-state index contributed by atoms with van der Waals surface area (Å²) >= 11 is 12.0. The molecule has 2 N–H and O–H groups in total. The Morgan fingerprint density at radius 3 is 2.75 bits per heavy atom. The summed E-state index contributed by atoms with van der Waals surface area (Å²) in [5, 5.41) is 6.89. The zero-order chi connectivity index (χ0) is 17.7. The van der Waals surface area contributed by atoms with Crippen molar-refractivity contribution in [1.82, 2.24) is 15.5 Å². The number of amides is 1. The molecule has 1 heterocycles. The van der Waals surface area contributed by atoms with Crippen LogP contribution in [0.1, 0.15) is 23.2 Å². The van der Waals surface area contributed by atoms with Gasteiger partial charge in [0.25, 0.3) is 0 Å². The predicted octanol–water partition coefficient (Wildman–Crippen LogP) is 2.22. The normalized spacial score (nSPS) is 20.4. The van der Waals surface area contributed by atoms with E-state index in [1.54, 1.807) is 18.2 Å². The van der Waals surface area contributed by atoms with Gasteiger partial charge in [-0.3, -0.25) is 9.59 Å². The molecule has 2 rings (SSSR count). The lowest BCUT2D eigenvalue weighted by atomic mass is 9.95. The number of rotatable bonds is 7. The van der Waals surface area contributed by atoms with E-state index >= 15 is 0 Å². The Kier molecular flexibility index (Phi) is 7.04. The summed E-state index contributed by atoms with van der Waals surface area (Å²) in [6.45, 7) is 2.04. The first-order chi connectivity index (χ1) is 11.4. The third-order valence-corrected chi connectivity index (χ3v) is 4.64. The van der Waals surface area contributed by atoms with Crippen LogP contribution >= 0.6 is 23.2 Å². The first-order valence-corrected chi connectivity index (χ1v) is 8.79. The van der Waals surface area contributed by atoms with Gasteiger partial charge in [-0.2, -0.15) is 0 Å². The molecule has 1 aromatic rings. The van der Waals surface area contributed by atoms with Gasteiger partial charge in [0.2, 0.25) is 5.91 Å². The van der Waals surface area contributed by atoms with E-state index in [1.165, 1.54) is 0 Å². The van der Waals surface area contributed by atoms with Gasteiger partial charge in [0.1, 0.15) is 0 Å². The van der Waals surface area contributed by atoms with Crippen LogP contribution in [0.4, 0.5) is 0 Å². The number of carbonyl (C=O) groups is 2. The highest BCUT2D eigenvalue weighted by Crippen LogP contribution is 2.26. The molecule has 1 aliphatic heterocycles. The lowest BCUT2D eigenvalue weighted by molar-refractivity contribution is -0.122. The Hall–Kier alpha value is -1.14. The highest BCUT2D eigenvalue weighted by atomic mass is 35.5. The molecule has 1 saturated heterocycles. The topological polar surface area (TPSA) is 61.4 Å². The average Bonchev–Trinajstić information content (AvgIpc) is 3.00. The van der Waals surface area contributed by atoms with E-state index < -0.39 is 0 Å². The number of halogens is 2. The number of hydrogen-bond acceptors (Lipinski definition) is 4. The van der Waals surface area contributed by atoms with Crippen molar-refractivity contribution < 1.29 is 9.59 Å². The average molecular weight is 372 g/mol. The van der Waals surface area contributed by atoms with Crippen molar-refractivity contribution in [3.05, 3.63) is 33.8 Å². The summed E-state index contributed by atoms with van der Waals surface area (Å²) in [6, 6.07) is 4.53. The highest BCUT2D eigenvalue weighted by Gasteiger charge is 2.34. The van der Waals surface area contributed by atoms with Crippen LogP contribution in [0.25, 0.3) is 0 Å². The Balaban J connectivity index is 1.85. The summed E-state index contributed by atoms with van der Waals surface area (Å²) < 4.78 is 0. The fourth-order valence-corrected chi connectivity index (χ4v) is 3.28. The van der Waals surface area contributed by atoms with Crippen LogP contribution in [0.3, 0.4) is 0 Å². The van der Waals surface area contributed by atoms with E-state index in [-0.39, 0.29) is 23.7 Å². The lowest BCUT2D eigenvalue weighted by Gasteiger charge is -2.13. The van der Waals surface area contributed by atoms with E-state index in [4.69, 9.17) is 23.2 Å². The summed E-state index contributed by atoms with van der Waals surface area (Å²) in [6.07, 6.45) is 1.38. The van der Waals surface area contributed by atoms with E-state index in [1.807, 2.05) is 14.1 Å². The van der Waals surface area contributed by atoms with Crippen LogP contribution in [-0.4, -0.2) is 56.4 Å². The van der Waals surface area contributed by atoms with Crippen molar-refractivity contribution in [2.75, 3.05) is 33.7 Å². The lowest BCUT2D eigenvalue weighted by Crippen LogP contribution is -2.41. The van der Waals surface area contributed by atoms with Crippen molar-refractivity contribution in [3.63, 3.8) is 0 Å². The number of nitrogens with zero attached hydrogens (tertiary/aromatic N) is 1. The van der Waals surface area contributed by atoms with Crippen molar-refractivity contribution in [3.8, 4) is 0 Å². The monoisotopic (exact) mass is 371 g/mol. The molecule has 2 unspecified atom stereocenters. The molecule has 0 saturated carbocycles. The minimum Gasteiger partial charge on any atom is -0.355 e. The van der Waals surface area contributed by atoms with Gasteiger partial charge in [0, 0.05) is 29.6 Å². The molecule has 0 radical (unpaired) electrons. The van der Waals surface area contributed by atoms with Crippen LogP contribution in [0.15, 0.2) is 18.2 Å². The number of nitrogens with one attached hydrogen (secondary N) is 2. The van der Waals surface area contributed by atoms with Crippen LogP contribution in [0.2, 0.25) is 10.0 Å². The maximum atomic E-state index is 12.6. The molecular formula is C17H23Cl2N3O2. The van der Waals surface area contributed by atoms with Crippen LogP contribution in [0.5, 0.6) is 0 Å². The summed E-state index contributed by atoms with van der Waals surface area (Å²) in [4.78, 5) is 26.8. The molecule has 1 aromatic carbocycles. The van der Waals surface area contributed by atoms with Gasteiger partial charge in [0.05, 0.1) is 11.1 Å². The molecular weight excluding hydrogens is 349 g/mol. The maximum Gasteiger partial charge on any atom is 0.237 e. The van der Waals surface area contributed by atoms with E-state index in [0.29, 0.717) is 35.1 Å². The van der Waals surface area contributed by atoms with Crippen molar-refractivity contribution in [2.45, 2.75) is 18.9 Å². The number of ketones is 1. The molecule has 0 spiro atoms. The van der Waals surface area contributed by atoms with Gasteiger partial charge < -0.3 is 15.5 Å². The fraction of sp³-hybridized carbons (Fsp3) is 0.529. The van der Waals surface area contributed by atoms with E-state index in [2.05, 4.69) is 15.5 Å². The molecule has 0 aromatic heterocycles. The first kappa shape index (κ1) is 19.2. The van der Waals surface area contributed by atoms with Gasteiger partial charge in [-0.05, 0) is 51.7 Å². The Morgan fingerprint density at radius 2 is 2.08 bits per heavy atom. The van der Waals surface area contributed by atoms with Crippen LogP contribution in [0, 0.1) is 5.92 Å². The van der Waals surface area contributed by atoms with Crippen molar-refractivity contribution in [1.29, 1.82) is 0 Å². The van der Waals surface area contributed by atoms with Crippen molar-refractivity contribution in [2.24, 2.45) is 5.92 Å². The van der Waals surface area contributed by atoms with Crippen LogP contribution in [-0.2, 0) is 4.79 Å². The Bertz CT molecular complexity index is 607. The second kappa shape index (κ2) is 8.81. The molecule has 0 aliphatic carbocycles. The molecule has 0 bridgehead atoms. The quantitative estimate of drug-likeness (QED) is 0.569. The van der Waals surface area contributed by atoms with Crippen LogP contribution < -0.4 is 10.6 Å². The van der Waals surface area contributed by atoms with Gasteiger partial charge in [-0.25, -0.2) is 0 Å². The molecule has 132 valence electrons. The van der Waals surface area contributed by atoms with E-state index in [0.717, 1.165) is 13.0 Å². The smallest absolute Gasteiger partial charge is 0.237 e. The zero-order valence-electron chi connectivity index (χ0n) is 13.9. The van der Waals surface area contributed by atoms with Gasteiger partial charge >= 0.3 is 0 Å². The zero-order valence-corrected chi connectivity index (χ0v) is 15.5. The molecule has 7 heteroatoms. The third-order valence-electron chi connectivity index (χ3n) is 4.10. The largest absolute Gasteiger partial charge is 0.355 e. The fourth-order valence-electron chi connectivity index (χ4n) is 2.77. The number of carbonyl (C=O) groups excluding carboxylic acids is 2. The first-order valence-electron chi connectivity index (χ1n) is 8.03. The van der Waals surface area contributed by atoms with Gasteiger partial charge in [-0.1, -0.05) is 23.2 Å². The highest BCUT2D eigenvalue weighted by molar-refractivity contribution is 6.36. The Morgan fingerprint density at radius 1 is 1.33 bits per heavy atom. The molecule has 1 aliphatic rings. The van der Waals surface area contributed by atoms with Gasteiger partial charge in [0.15, 0.2) is 5.78 Å². The predicted molar refractivity (Wildman–Crippen MR) is 96.9 cm³/mol. The maximum absolute atomic E-state index is 12.6. The van der Waals surface area contributed by atoms with E-state index in [9.17, 15) is 9.59 Å². The summed E-state index contributed by atoms with van der Waals surface area (Å²) in [7, 11) is 4.00. The standard InChI is InChI=1S/C17H23Cl2N3O2/c1-22(2)7-3-6-20-17(24)15-8-11(10-21-15)16(23)13-5-4-12(18)9-14(13)19/h4-5,9,11,15,21H,3,6-8,10H2,1-2H3,(H,20,24). The second-order valence-electron chi connectivity index (χ2n) is 6.33. The molecule has 5 nitrogen and oxygen atoms in total. The number of benzene rings is 1.